The summed E-state index contributed by atoms with van der Waals surface area (Å²) < 4.78 is 7.06. The van der Waals surface area contributed by atoms with Gasteiger partial charge in [0.25, 0.3) is 5.56 Å². The maximum atomic E-state index is 13.9. The number of amides is 1. The molecule has 1 amide bonds. The predicted molar refractivity (Wildman–Crippen MR) is 147 cm³/mol. The lowest BCUT2D eigenvalue weighted by molar-refractivity contribution is -0.116. The fraction of sp³-hybridized carbons (Fsp3) is 0.345. The van der Waals surface area contributed by atoms with Gasteiger partial charge < -0.3 is 14.5 Å². The minimum atomic E-state index is -0.111. The van der Waals surface area contributed by atoms with Gasteiger partial charge in [-0.1, -0.05) is 36.4 Å². The fourth-order valence-electron chi connectivity index (χ4n) is 5.11. The SMILES string of the molecule is COc1ccc(Cc2c(C)nc3c(N4CCCCC4)c(-c4ccccc4)[nH]n3c2=O)cc1N(C)C(C)=O. The fourth-order valence-corrected chi connectivity index (χ4v) is 5.11. The standard InChI is InChI=1S/C29H33N5O3/c1-19-23(17-21-13-14-25(37-4)24(18-21)32(3)20(2)35)29(36)34-28(30-19)27(33-15-9-6-10-16-33)26(31-34)22-11-7-5-8-12-22/h5,7-8,11-14,18,31H,6,9-10,15-17H2,1-4H3. The second-order valence-corrected chi connectivity index (χ2v) is 9.65. The molecule has 5 rings (SSSR count). The van der Waals surface area contributed by atoms with Crippen LogP contribution >= 0.6 is 0 Å². The van der Waals surface area contributed by atoms with Crippen molar-refractivity contribution in [2.24, 2.45) is 0 Å². The molecule has 192 valence electrons. The van der Waals surface area contributed by atoms with Crippen LogP contribution in [0.5, 0.6) is 5.75 Å². The van der Waals surface area contributed by atoms with Gasteiger partial charge in [-0.05, 0) is 43.9 Å². The molecule has 8 heteroatoms. The molecule has 2 aromatic carbocycles. The minimum absolute atomic E-state index is 0.0974. The molecule has 0 bridgehead atoms. The molecule has 0 atom stereocenters. The Morgan fingerprint density at radius 3 is 2.51 bits per heavy atom. The smallest absolute Gasteiger partial charge is 0.276 e. The number of methoxy groups -OCH3 is 1. The number of aryl methyl sites for hydroxylation is 1. The topological polar surface area (TPSA) is 82.9 Å². The maximum Gasteiger partial charge on any atom is 0.276 e. The molecule has 0 saturated carbocycles. The van der Waals surface area contributed by atoms with E-state index in [1.165, 1.54) is 13.3 Å². The molecule has 2 aromatic heterocycles. The van der Waals surface area contributed by atoms with Gasteiger partial charge >= 0.3 is 0 Å². The van der Waals surface area contributed by atoms with Gasteiger partial charge in [-0.25, -0.2) is 4.98 Å². The van der Waals surface area contributed by atoms with Crippen LogP contribution < -0.4 is 20.1 Å². The van der Waals surface area contributed by atoms with E-state index in [2.05, 4.69) is 22.1 Å². The number of ether oxygens (including phenoxy) is 1. The summed E-state index contributed by atoms with van der Waals surface area (Å²) in [5.74, 6) is 0.506. The predicted octanol–water partition coefficient (Wildman–Crippen LogP) is 4.57. The number of aromatic nitrogens is 3. The third-order valence-corrected chi connectivity index (χ3v) is 7.25. The molecule has 1 fully saturated rings. The maximum absolute atomic E-state index is 13.9. The molecular formula is C29H33N5O3. The van der Waals surface area contributed by atoms with E-state index < -0.39 is 0 Å². The first-order chi connectivity index (χ1) is 17.9. The Morgan fingerprint density at radius 1 is 1.11 bits per heavy atom. The zero-order chi connectivity index (χ0) is 26.1. The highest BCUT2D eigenvalue weighted by Gasteiger charge is 2.25. The molecule has 4 aromatic rings. The second-order valence-electron chi connectivity index (χ2n) is 9.65. The third-order valence-electron chi connectivity index (χ3n) is 7.25. The van der Waals surface area contributed by atoms with Crippen LogP contribution in [-0.2, 0) is 11.2 Å². The zero-order valence-corrected chi connectivity index (χ0v) is 21.9. The summed E-state index contributed by atoms with van der Waals surface area (Å²) in [5.41, 5.74) is 6.38. The van der Waals surface area contributed by atoms with Crippen molar-refractivity contribution in [2.45, 2.75) is 39.5 Å². The van der Waals surface area contributed by atoms with Gasteiger partial charge in [-0.15, -0.1) is 0 Å². The molecule has 1 aliphatic heterocycles. The quantitative estimate of drug-likeness (QED) is 0.420. The molecule has 1 saturated heterocycles. The summed E-state index contributed by atoms with van der Waals surface area (Å²) >= 11 is 0. The van der Waals surface area contributed by atoms with Gasteiger partial charge in [0.2, 0.25) is 5.91 Å². The zero-order valence-electron chi connectivity index (χ0n) is 21.9. The number of fused-ring (bicyclic) bond motifs is 1. The average molecular weight is 500 g/mol. The normalized spacial score (nSPS) is 13.7. The van der Waals surface area contributed by atoms with Crippen molar-refractivity contribution in [3.05, 3.63) is 75.7 Å². The monoisotopic (exact) mass is 499 g/mol. The van der Waals surface area contributed by atoms with E-state index in [4.69, 9.17) is 9.72 Å². The number of carbonyl (C=O) groups excluding carboxylic acids is 1. The van der Waals surface area contributed by atoms with Crippen molar-refractivity contribution in [2.75, 3.05) is 37.0 Å². The Balaban J connectivity index is 1.63. The molecule has 37 heavy (non-hydrogen) atoms. The molecule has 0 unspecified atom stereocenters. The summed E-state index contributed by atoms with van der Waals surface area (Å²) in [6.45, 7) is 5.30. The van der Waals surface area contributed by atoms with Crippen LogP contribution in [0.1, 0.15) is 43.0 Å². The van der Waals surface area contributed by atoms with Crippen molar-refractivity contribution in [3.8, 4) is 17.0 Å². The highest BCUT2D eigenvalue weighted by molar-refractivity contribution is 5.92. The second kappa shape index (κ2) is 10.1. The Bertz CT molecular complexity index is 1500. The van der Waals surface area contributed by atoms with Gasteiger partial charge in [-0.3, -0.25) is 14.7 Å². The van der Waals surface area contributed by atoms with Crippen LogP contribution in [-0.4, -0.2) is 47.8 Å². The number of carbonyl (C=O) groups is 1. The van der Waals surface area contributed by atoms with Crippen molar-refractivity contribution >= 4 is 22.9 Å². The van der Waals surface area contributed by atoms with E-state index in [9.17, 15) is 9.59 Å². The van der Waals surface area contributed by atoms with Crippen molar-refractivity contribution in [3.63, 3.8) is 0 Å². The number of hydrogen-bond donors (Lipinski definition) is 1. The molecule has 0 spiro atoms. The van der Waals surface area contributed by atoms with Crippen LogP contribution in [0.15, 0.2) is 53.3 Å². The Kier molecular flexibility index (Phi) is 6.74. The summed E-state index contributed by atoms with van der Waals surface area (Å²) in [6.07, 6.45) is 3.86. The van der Waals surface area contributed by atoms with Crippen molar-refractivity contribution < 1.29 is 9.53 Å². The average Bonchev–Trinajstić information content (AvgIpc) is 3.31. The molecule has 0 aliphatic carbocycles. The van der Waals surface area contributed by atoms with Gasteiger partial charge in [0, 0.05) is 50.3 Å². The van der Waals surface area contributed by atoms with E-state index >= 15 is 0 Å². The molecule has 1 aliphatic rings. The van der Waals surface area contributed by atoms with Crippen LogP contribution in [0.2, 0.25) is 0 Å². The Labute approximate surface area is 216 Å². The molecule has 0 radical (unpaired) electrons. The van der Waals surface area contributed by atoms with Crippen LogP contribution in [0, 0.1) is 6.92 Å². The number of anilines is 2. The van der Waals surface area contributed by atoms with Gasteiger partial charge in [0.15, 0.2) is 5.65 Å². The van der Waals surface area contributed by atoms with Crippen molar-refractivity contribution in [1.29, 1.82) is 0 Å². The molecule has 8 nitrogen and oxygen atoms in total. The number of benzene rings is 2. The van der Waals surface area contributed by atoms with E-state index in [0.717, 1.165) is 48.4 Å². The first kappa shape index (κ1) is 24.6. The van der Waals surface area contributed by atoms with Gasteiger partial charge in [0.1, 0.15) is 11.4 Å². The summed E-state index contributed by atoms with van der Waals surface area (Å²) in [4.78, 5) is 34.8. The number of nitrogens with one attached hydrogen (secondary N) is 1. The number of rotatable bonds is 6. The highest BCUT2D eigenvalue weighted by atomic mass is 16.5. The van der Waals surface area contributed by atoms with Crippen LogP contribution in [0.25, 0.3) is 16.9 Å². The number of aromatic amines is 1. The minimum Gasteiger partial charge on any atom is -0.495 e. The number of hydrogen-bond acceptors (Lipinski definition) is 5. The third kappa shape index (κ3) is 4.59. The first-order valence-corrected chi connectivity index (χ1v) is 12.7. The number of nitrogens with zero attached hydrogens (tertiary/aromatic N) is 4. The van der Waals surface area contributed by atoms with Crippen LogP contribution in [0.4, 0.5) is 11.4 Å². The Morgan fingerprint density at radius 2 is 1.84 bits per heavy atom. The molecule has 1 N–H and O–H groups in total. The summed E-state index contributed by atoms with van der Waals surface area (Å²) in [6, 6.07) is 15.8. The first-order valence-electron chi connectivity index (χ1n) is 12.7. The lowest BCUT2D eigenvalue weighted by Crippen LogP contribution is -2.30. The van der Waals surface area contributed by atoms with E-state index in [1.807, 2.05) is 43.3 Å². The molecule has 3 heterocycles. The summed E-state index contributed by atoms with van der Waals surface area (Å²) in [5, 5.41) is 3.39. The van der Waals surface area contributed by atoms with Crippen LogP contribution in [0.3, 0.4) is 0 Å². The number of H-pyrrole nitrogens is 1. The largest absolute Gasteiger partial charge is 0.495 e. The van der Waals surface area contributed by atoms with Crippen molar-refractivity contribution in [1.82, 2.24) is 14.6 Å². The lowest BCUT2D eigenvalue weighted by Gasteiger charge is -2.28. The van der Waals surface area contributed by atoms with Gasteiger partial charge in [0.05, 0.1) is 18.5 Å². The highest BCUT2D eigenvalue weighted by Crippen LogP contribution is 2.35. The van der Waals surface area contributed by atoms with E-state index in [-0.39, 0.29) is 11.5 Å². The Hall–Kier alpha value is -4.07. The van der Waals surface area contributed by atoms with Gasteiger partial charge in [-0.2, -0.15) is 4.52 Å². The van der Waals surface area contributed by atoms with E-state index in [1.54, 1.807) is 23.6 Å². The molecular weight excluding hydrogens is 466 g/mol. The lowest BCUT2D eigenvalue weighted by atomic mass is 10.0. The number of piperidine rings is 1. The van der Waals surface area contributed by atoms with E-state index in [0.29, 0.717) is 34.8 Å². The summed E-state index contributed by atoms with van der Waals surface area (Å²) in [7, 11) is 3.29.